The van der Waals surface area contributed by atoms with E-state index in [-0.39, 0.29) is 60.8 Å². The average molecular weight is 621 g/mol. The number of nitrogens with one attached hydrogen (secondary N) is 2. The molecule has 11 heteroatoms. The lowest BCUT2D eigenvalue weighted by Gasteiger charge is -2.32. The molecule has 2 aromatic carbocycles. The van der Waals surface area contributed by atoms with Gasteiger partial charge in [-0.2, -0.15) is 0 Å². The number of carbonyl (C=O) groups is 3. The minimum atomic E-state index is -2.92. The number of hydrogen-bond acceptors (Lipinski definition) is 7. The van der Waals surface area contributed by atoms with Gasteiger partial charge in [-0.3, -0.25) is 14.4 Å². The van der Waals surface area contributed by atoms with E-state index in [4.69, 9.17) is 4.74 Å². The largest absolute Gasteiger partial charge is 0.432 e. The van der Waals surface area contributed by atoms with E-state index in [9.17, 15) is 24.3 Å². The molecule has 3 fully saturated rings. The first-order chi connectivity index (χ1) is 21.0. The normalized spacial score (nSPS) is 29.9. The van der Waals surface area contributed by atoms with Crippen molar-refractivity contribution in [3.8, 4) is 0 Å². The van der Waals surface area contributed by atoms with E-state index < -0.39 is 20.0 Å². The second-order valence-electron chi connectivity index (χ2n) is 13.4. The van der Waals surface area contributed by atoms with Crippen LogP contribution in [0.15, 0.2) is 48.5 Å². The van der Waals surface area contributed by atoms with Crippen molar-refractivity contribution in [2.45, 2.75) is 88.0 Å². The summed E-state index contributed by atoms with van der Waals surface area (Å²) in [4.78, 5) is 55.9. The zero-order valence-electron chi connectivity index (χ0n) is 25.8. The number of ether oxygens (including phenoxy) is 1. The number of fused-ring (bicyclic) bond motifs is 2. The molecule has 0 radical (unpaired) electrons. The zero-order valence-corrected chi connectivity index (χ0v) is 26.8. The van der Waals surface area contributed by atoms with E-state index in [1.165, 1.54) is 0 Å². The van der Waals surface area contributed by atoms with E-state index in [0.29, 0.717) is 12.2 Å². The molecule has 236 valence electrons. The van der Waals surface area contributed by atoms with E-state index in [1.54, 1.807) is 9.80 Å². The van der Waals surface area contributed by atoms with Crippen LogP contribution in [0.3, 0.4) is 0 Å². The van der Waals surface area contributed by atoms with Gasteiger partial charge in [0, 0.05) is 29.3 Å². The van der Waals surface area contributed by atoms with Crippen LogP contribution in [0.25, 0.3) is 0 Å². The Morgan fingerprint density at radius 3 is 2.66 bits per heavy atom. The molecule has 0 aliphatic carbocycles. The summed E-state index contributed by atoms with van der Waals surface area (Å²) in [5, 5.41) is 16.0. The Bertz CT molecular complexity index is 1420. The number of hydrogen-bond donors (Lipinski definition) is 4. The predicted molar refractivity (Wildman–Crippen MR) is 169 cm³/mol. The second kappa shape index (κ2) is 12.0. The SMILES string of the molecule is C[C@H]1[C@H]([Si](C)(C)O)[C@@H](CC(=O)N2CCC[C@H]2CO)O[C@]12C(=O)N(Cc1cccc(NC(=O)[C@H]3CCCN3)c1)c1ccccc12. The highest BCUT2D eigenvalue weighted by Crippen LogP contribution is 2.59. The Hall–Kier alpha value is -3.09. The Morgan fingerprint density at radius 1 is 1.14 bits per heavy atom. The highest BCUT2D eigenvalue weighted by molar-refractivity contribution is 6.71. The number of carbonyl (C=O) groups excluding carboxylic acids is 3. The molecular weight excluding hydrogens is 576 g/mol. The topological polar surface area (TPSA) is 131 Å². The standard InChI is InChI=1S/C33H44N4O6Si/c1-21-30(44(2,3)42)28(18-29(39)36-16-8-11-24(36)20-38)43-33(21)25-12-4-5-14-27(25)37(32(33)41)19-22-9-6-10-23(17-22)35-31(40)26-13-7-15-34-26/h4-6,9-10,12,14,17,21,24,26,28,30,34,38,42H,7-8,11,13,15-16,18-20H2,1-3H3,(H,35,40)/t21-,24-,26+,28+,30-,33+/m0/s1. The first kappa shape index (κ1) is 30.9. The fourth-order valence-corrected chi connectivity index (χ4v) is 10.7. The molecule has 44 heavy (non-hydrogen) atoms. The van der Waals surface area contributed by atoms with E-state index in [1.807, 2.05) is 68.5 Å². The lowest BCUT2D eigenvalue weighted by atomic mass is 9.82. The summed E-state index contributed by atoms with van der Waals surface area (Å²) in [5.41, 5.74) is 1.34. The molecule has 0 saturated carbocycles. The van der Waals surface area contributed by atoms with Gasteiger partial charge in [0.05, 0.1) is 43.4 Å². The Kier molecular flexibility index (Phi) is 8.44. The van der Waals surface area contributed by atoms with Crippen LogP contribution in [0.1, 0.15) is 50.2 Å². The molecular formula is C33H44N4O6Si. The number of rotatable bonds is 8. The van der Waals surface area contributed by atoms with Gasteiger partial charge in [0.1, 0.15) is 0 Å². The van der Waals surface area contributed by atoms with Gasteiger partial charge >= 0.3 is 0 Å². The maximum atomic E-state index is 14.6. The van der Waals surface area contributed by atoms with Crippen molar-refractivity contribution in [1.29, 1.82) is 0 Å². The summed E-state index contributed by atoms with van der Waals surface area (Å²) in [6.45, 7) is 7.30. The molecule has 0 unspecified atom stereocenters. The van der Waals surface area contributed by atoms with Crippen molar-refractivity contribution in [3.05, 3.63) is 59.7 Å². The summed E-state index contributed by atoms with van der Waals surface area (Å²) in [5.74, 6) is -0.747. The highest BCUT2D eigenvalue weighted by atomic mass is 28.4. The minimum absolute atomic E-state index is 0.0529. The van der Waals surface area contributed by atoms with Crippen LogP contribution in [0, 0.1) is 5.92 Å². The van der Waals surface area contributed by atoms with Crippen LogP contribution in [-0.2, 0) is 31.3 Å². The Morgan fingerprint density at radius 2 is 1.93 bits per heavy atom. The molecule has 4 aliphatic rings. The Labute approximate surface area is 259 Å². The third-order valence-electron chi connectivity index (χ3n) is 10.1. The molecule has 4 N–H and O–H groups in total. The van der Waals surface area contributed by atoms with Gasteiger partial charge in [-0.05, 0) is 69.1 Å². The van der Waals surface area contributed by atoms with Crippen molar-refractivity contribution in [3.63, 3.8) is 0 Å². The zero-order chi connectivity index (χ0) is 31.2. The minimum Gasteiger partial charge on any atom is -0.432 e. The van der Waals surface area contributed by atoms with Crippen molar-refractivity contribution in [2.24, 2.45) is 5.92 Å². The second-order valence-corrected chi connectivity index (χ2v) is 17.4. The summed E-state index contributed by atoms with van der Waals surface area (Å²) < 4.78 is 6.81. The van der Waals surface area contributed by atoms with E-state index in [0.717, 1.165) is 49.0 Å². The number of amides is 3. The molecule has 6 rings (SSSR count). The molecule has 6 atom stereocenters. The highest BCUT2D eigenvalue weighted by Gasteiger charge is 2.66. The van der Waals surface area contributed by atoms with Crippen molar-refractivity contribution in [2.75, 3.05) is 29.9 Å². The molecule has 3 amide bonds. The molecule has 4 aliphatic heterocycles. The number of anilines is 2. The van der Waals surface area contributed by atoms with Gasteiger partial charge in [-0.25, -0.2) is 0 Å². The summed E-state index contributed by atoms with van der Waals surface area (Å²) in [7, 11) is -2.92. The van der Waals surface area contributed by atoms with Crippen LogP contribution in [0.2, 0.25) is 18.6 Å². The van der Waals surface area contributed by atoms with Gasteiger partial charge in [0.25, 0.3) is 5.91 Å². The first-order valence-corrected chi connectivity index (χ1v) is 18.9. The summed E-state index contributed by atoms with van der Waals surface area (Å²) in [6, 6.07) is 14.8. The summed E-state index contributed by atoms with van der Waals surface area (Å²) in [6.07, 6.45) is 2.81. The van der Waals surface area contributed by atoms with Crippen LogP contribution in [-0.4, -0.2) is 78.7 Å². The van der Waals surface area contributed by atoms with E-state index >= 15 is 0 Å². The van der Waals surface area contributed by atoms with Gasteiger partial charge in [0.2, 0.25) is 11.8 Å². The monoisotopic (exact) mass is 620 g/mol. The summed E-state index contributed by atoms with van der Waals surface area (Å²) >= 11 is 0. The molecule has 2 aromatic rings. The predicted octanol–water partition coefficient (Wildman–Crippen LogP) is 3.10. The fraction of sp³-hybridized carbons (Fsp3) is 0.545. The van der Waals surface area contributed by atoms with Crippen LogP contribution in [0.4, 0.5) is 11.4 Å². The number of aliphatic hydroxyl groups excluding tert-OH is 1. The number of nitrogens with zero attached hydrogens (tertiary/aromatic N) is 2. The van der Waals surface area contributed by atoms with E-state index in [2.05, 4.69) is 10.6 Å². The van der Waals surface area contributed by atoms with Gasteiger partial charge in [-0.15, -0.1) is 0 Å². The third kappa shape index (κ3) is 5.38. The third-order valence-corrected chi connectivity index (χ3v) is 12.6. The first-order valence-electron chi connectivity index (χ1n) is 15.9. The lowest BCUT2D eigenvalue weighted by Crippen LogP contribution is -2.46. The van der Waals surface area contributed by atoms with Crippen LogP contribution in [0.5, 0.6) is 0 Å². The number of aliphatic hydroxyl groups is 1. The average Bonchev–Trinajstić information content (AvgIpc) is 3.78. The maximum Gasteiger partial charge on any atom is 0.264 e. The molecule has 1 spiro atoms. The quantitative estimate of drug-likeness (QED) is 0.334. The van der Waals surface area contributed by atoms with Gasteiger partial charge in [0.15, 0.2) is 13.9 Å². The lowest BCUT2D eigenvalue weighted by molar-refractivity contribution is -0.150. The number of para-hydroxylation sites is 1. The number of benzene rings is 2. The molecule has 3 saturated heterocycles. The molecule has 0 aromatic heterocycles. The van der Waals surface area contributed by atoms with Crippen LogP contribution < -0.4 is 15.5 Å². The van der Waals surface area contributed by atoms with Crippen molar-refractivity contribution >= 4 is 37.4 Å². The van der Waals surface area contributed by atoms with Crippen LogP contribution >= 0.6 is 0 Å². The molecule has 10 nitrogen and oxygen atoms in total. The van der Waals surface area contributed by atoms with Gasteiger partial charge < -0.3 is 35.1 Å². The smallest absolute Gasteiger partial charge is 0.264 e. The van der Waals surface area contributed by atoms with Gasteiger partial charge in [-0.1, -0.05) is 37.3 Å². The van der Waals surface area contributed by atoms with Crippen molar-refractivity contribution in [1.82, 2.24) is 10.2 Å². The Balaban J connectivity index is 1.28. The number of likely N-dealkylation sites (tertiary alicyclic amines) is 1. The molecule has 0 bridgehead atoms. The maximum absolute atomic E-state index is 14.6. The fourth-order valence-electron chi connectivity index (χ4n) is 8.10. The van der Waals surface area contributed by atoms with Crippen molar-refractivity contribution < 1.29 is 29.0 Å². The molecule has 4 heterocycles.